The number of aromatic nitrogens is 6. The summed E-state index contributed by atoms with van der Waals surface area (Å²) in [6.07, 6.45) is 5.12. The number of carbonyl (C=O) groups excluding carboxylic acids is 1. The van der Waals surface area contributed by atoms with Crippen molar-refractivity contribution in [2.24, 2.45) is 0 Å². The lowest BCUT2D eigenvalue weighted by Gasteiger charge is -2.16. The van der Waals surface area contributed by atoms with E-state index in [9.17, 15) is 4.79 Å². The highest BCUT2D eigenvalue weighted by molar-refractivity contribution is 5.94. The monoisotopic (exact) mass is 481 g/mol. The first-order valence-electron chi connectivity index (χ1n) is 11.7. The number of nitrogens with zero attached hydrogens (tertiary/aromatic N) is 5. The Morgan fingerprint density at radius 1 is 1.11 bits per heavy atom. The topological polar surface area (TPSA) is 122 Å². The van der Waals surface area contributed by atoms with Crippen molar-refractivity contribution in [3.63, 3.8) is 0 Å². The van der Waals surface area contributed by atoms with Crippen molar-refractivity contribution in [2.45, 2.75) is 46.1 Å². The van der Waals surface area contributed by atoms with Gasteiger partial charge in [0.15, 0.2) is 5.82 Å². The van der Waals surface area contributed by atoms with Gasteiger partial charge < -0.3 is 14.8 Å². The molecular weight excluding hydrogens is 454 g/mol. The van der Waals surface area contributed by atoms with Gasteiger partial charge in [-0.05, 0) is 49.2 Å². The second kappa shape index (κ2) is 8.99. The lowest BCUT2D eigenvalue weighted by molar-refractivity contribution is 0.0895. The number of aromatic amines is 1. The van der Waals surface area contributed by atoms with E-state index < -0.39 is 5.91 Å². The van der Waals surface area contributed by atoms with Gasteiger partial charge in [0, 0.05) is 40.0 Å². The number of amides is 1. The molecule has 0 saturated heterocycles. The maximum Gasteiger partial charge on any atom is 0.315 e. The Hall–Kier alpha value is -4.40. The summed E-state index contributed by atoms with van der Waals surface area (Å²) in [4.78, 5) is 33.5. The Morgan fingerprint density at radius 2 is 1.94 bits per heavy atom. The van der Waals surface area contributed by atoms with Gasteiger partial charge in [0.25, 0.3) is 0 Å². The van der Waals surface area contributed by atoms with E-state index in [2.05, 4.69) is 41.5 Å². The number of pyridine rings is 1. The van der Waals surface area contributed by atoms with Crippen molar-refractivity contribution >= 4 is 16.9 Å². The number of benzene rings is 1. The van der Waals surface area contributed by atoms with Crippen LogP contribution in [0.15, 0.2) is 59.6 Å². The molecule has 0 fully saturated rings. The molecule has 0 radical (unpaired) electrons. The first-order valence-corrected chi connectivity index (χ1v) is 11.7. The summed E-state index contributed by atoms with van der Waals surface area (Å²) in [6, 6.07) is 11.8. The number of hydrogen-bond donors (Lipinski definition) is 2. The molecule has 1 aromatic carbocycles. The van der Waals surface area contributed by atoms with Crippen LogP contribution in [0.5, 0.6) is 0 Å². The average Bonchev–Trinajstić information content (AvgIpc) is 3.52. The first-order chi connectivity index (χ1) is 17.2. The minimum absolute atomic E-state index is 0.0405. The molecule has 1 amide bonds. The molecule has 1 atom stereocenters. The third-order valence-corrected chi connectivity index (χ3v) is 6.05. The van der Waals surface area contributed by atoms with Crippen LogP contribution in [0.2, 0.25) is 0 Å². The summed E-state index contributed by atoms with van der Waals surface area (Å²) in [6.45, 7) is 9.83. The molecule has 36 heavy (non-hydrogen) atoms. The van der Waals surface area contributed by atoms with Crippen molar-refractivity contribution in [2.75, 3.05) is 0 Å². The largest absolute Gasteiger partial charge is 0.341 e. The molecule has 0 unspecified atom stereocenters. The highest BCUT2D eigenvalue weighted by Gasteiger charge is 2.25. The van der Waals surface area contributed by atoms with Gasteiger partial charge in [0.2, 0.25) is 0 Å². The molecule has 2 N–H and O–H groups in total. The Bertz CT molecular complexity index is 1550. The SMILES string of the molecule is Cc1cc(-c2ncnc3[nH]c(-c4cccnc4)cc23)ccc1[C@@H](C)NC(=O)c1nc(C(C)(C)C)no1. The fourth-order valence-electron chi connectivity index (χ4n) is 4.11. The van der Waals surface area contributed by atoms with Gasteiger partial charge in [-0.25, -0.2) is 9.97 Å². The van der Waals surface area contributed by atoms with Crippen molar-refractivity contribution in [1.29, 1.82) is 0 Å². The summed E-state index contributed by atoms with van der Waals surface area (Å²) in [5.74, 6) is 0.0523. The summed E-state index contributed by atoms with van der Waals surface area (Å²) < 4.78 is 5.18. The second-order valence-electron chi connectivity index (χ2n) is 9.85. The molecule has 9 heteroatoms. The van der Waals surface area contributed by atoms with Crippen LogP contribution in [-0.4, -0.2) is 36.0 Å². The maximum atomic E-state index is 12.7. The van der Waals surface area contributed by atoms with Crippen LogP contribution in [0.25, 0.3) is 33.5 Å². The fourth-order valence-corrected chi connectivity index (χ4v) is 4.11. The van der Waals surface area contributed by atoms with E-state index in [-0.39, 0.29) is 17.3 Å². The van der Waals surface area contributed by atoms with Gasteiger partial charge in [0.1, 0.15) is 12.0 Å². The van der Waals surface area contributed by atoms with Crippen LogP contribution in [0.1, 0.15) is 61.4 Å². The van der Waals surface area contributed by atoms with Crippen molar-refractivity contribution < 1.29 is 9.32 Å². The third kappa shape index (κ3) is 4.47. The van der Waals surface area contributed by atoms with E-state index in [4.69, 9.17) is 4.52 Å². The number of hydrogen-bond acceptors (Lipinski definition) is 7. The number of aryl methyl sites for hydroxylation is 1. The predicted octanol–water partition coefficient (Wildman–Crippen LogP) is 5.17. The Labute approximate surface area is 208 Å². The van der Waals surface area contributed by atoms with Crippen molar-refractivity contribution in [3.8, 4) is 22.5 Å². The molecular formula is C27H27N7O2. The van der Waals surface area contributed by atoms with Gasteiger partial charge in [-0.3, -0.25) is 9.78 Å². The van der Waals surface area contributed by atoms with E-state index in [0.29, 0.717) is 5.82 Å². The molecule has 0 aliphatic carbocycles. The van der Waals surface area contributed by atoms with Crippen LogP contribution >= 0.6 is 0 Å². The zero-order valence-corrected chi connectivity index (χ0v) is 20.8. The zero-order valence-electron chi connectivity index (χ0n) is 20.8. The summed E-state index contributed by atoms with van der Waals surface area (Å²) in [5, 5.41) is 7.82. The Morgan fingerprint density at radius 3 is 2.64 bits per heavy atom. The number of fused-ring (bicyclic) bond motifs is 1. The quantitative estimate of drug-likeness (QED) is 0.355. The molecule has 0 bridgehead atoms. The van der Waals surface area contributed by atoms with Gasteiger partial charge in [-0.1, -0.05) is 38.1 Å². The van der Waals surface area contributed by atoms with Crippen LogP contribution in [0.4, 0.5) is 0 Å². The van der Waals surface area contributed by atoms with Crippen LogP contribution in [-0.2, 0) is 5.41 Å². The van der Waals surface area contributed by atoms with E-state index in [1.54, 1.807) is 12.5 Å². The van der Waals surface area contributed by atoms with E-state index in [1.807, 2.05) is 71.1 Å². The number of rotatable bonds is 5. The van der Waals surface area contributed by atoms with E-state index >= 15 is 0 Å². The molecule has 5 rings (SSSR count). The molecule has 0 saturated carbocycles. The molecule has 0 spiro atoms. The van der Waals surface area contributed by atoms with Crippen LogP contribution < -0.4 is 5.32 Å². The van der Waals surface area contributed by atoms with Gasteiger partial charge in [-0.15, -0.1) is 0 Å². The molecule has 0 aliphatic heterocycles. The molecule has 5 aromatic rings. The maximum absolute atomic E-state index is 12.7. The second-order valence-corrected chi connectivity index (χ2v) is 9.85. The average molecular weight is 482 g/mol. The summed E-state index contributed by atoms with van der Waals surface area (Å²) in [5.41, 5.74) is 6.17. The van der Waals surface area contributed by atoms with E-state index in [1.165, 1.54) is 0 Å². The highest BCUT2D eigenvalue weighted by atomic mass is 16.5. The normalized spacial score (nSPS) is 12.6. The predicted molar refractivity (Wildman–Crippen MR) is 136 cm³/mol. The molecule has 4 heterocycles. The summed E-state index contributed by atoms with van der Waals surface area (Å²) >= 11 is 0. The summed E-state index contributed by atoms with van der Waals surface area (Å²) in [7, 11) is 0. The minimum Gasteiger partial charge on any atom is -0.341 e. The standard InChI is InChI=1S/C27H27N7O2/c1-15-11-17(22-20-12-21(18-7-6-10-28-13-18)32-23(20)30-14-29-22)8-9-19(15)16(2)31-24(35)25-33-26(34-36-25)27(3,4)5/h6-14,16H,1-5H3,(H,31,35)(H,29,30,32)/t16-/m1/s1. The number of carbonyl (C=O) groups is 1. The number of nitrogens with one attached hydrogen (secondary N) is 2. The highest BCUT2D eigenvalue weighted by Crippen LogP contribution is 2.31. The molecule has 0 aliphatic rings. The number of H-pyrrole nitrogens is 1. The molecule has 9 nitrogen and oxygen atoms in total. The van der Waals surface area contributed by atoms with Crippen molar-refractivity contribution in [3.05, 3.63) is 78.0 Å². The van der Waals surface area contributed by atoms with Crippen LogP contribution in [0, 0.1) is 6.92 Å². The Balaban J connectivity index is 1.40. The lowest BCUT2D eigenvalue weighted by Crippen LogP contribution is -2.27. The lowest BCUT2D eigenvalue weighted by atomic mass is 9.96. The molecule has 4 aromatic heterocycles. The van der Waals surface area contributed by atoms with Gasteiger partial charge in [-0.2, -0.15) is 4.98 Å². The fraction of sp³-hybridized carbons (Fsp3) is 0.259. The smallest absolute Gasteiger partial charge is 0.315 e. The first kappa shape index (κ1) is 23.3. The third-order valence-electron chi connectivity index (χ3n) is 6.05. The van der Waals surface area contributed by atoms with Crippen LogP contribution in [0.3, 0.4) is 0 Å². The van der Waals surface area contributed by atoms with E-state index in [0.717, 1.165) is 44.7 Å². The zero-order chi connectivity index (χ0) is 25.4. The minimum atomic E-state index is -0.401. The molecule has 182 valence electrons. The Kier molecular flexibility index (Phi) is 5.83. The van der Waals surface area contributed by atoms with Gasteiger partial charge in [0.05, 0.1) is 11.7 Å². The van der Waals surface area contributed by atoms with Crippen molar-refractivity contribution in [1.82, 2.24) is 35.4 Å². The van der Waals surface area contributed by atoms with Gasteiger partial charge >= 0.3 is 11.8 Å².